The molecule has 1 fully saturated rings. The number of nitrogens with zero attached hydrogens (tertiary/aromatic N) is 2. The van der Waals surface area contributed by atoms with Crippen molar-refractivity contribution in [3.63, 3.8) is 0 Å². The minimum Gasteiger partial charge on any atom is -0.494 e. The van der Waals surface area contributed by atoms with Crippen LogP contribution in [-0.4, -0.2) is 53.1 Å². The van der Waals surface area contributed by atoms with Crippen LogP contribution in [0.25, 0.3) is 23.2 Å². The van der Waals surface area contributed by atoms with Crippen molar-refractivity contribution in [2.45, 2.75) is 13.8 Å². The van der Waals surface area contributed by atoms with Gasteiger partial charge in [0.25, 0.3) is 0 Å². The molecule has 188 valence electrons. The highest BCUT2D eigenvalue weighted by Crippen LogP contribution is 2.16. The van der Waals surface area contributed by atoms with Gasteiger partial charge in [-0.25, -0.2) is 0 Å². The Morgan fingerprint density at radius 2 is 1.59 bits per heavy atom. The van der Waals surface area contributed by atoms with Gasteiger partial charge in [0.1, 0.15) is 5.75 Å². The van der Waals surface area contributed by atoms with E-state index in [0.717, 1.165) is 64.9 Å². The van der Waals surface area contributed by atoms with Gasteiger partial charge in [-0.2, -0.15) is 0 Å². The van der Waals surface area contributed by atoms with Crippen LogP contribution >= 0.6 is 0 Å². The Morgan fingerprint density at radius 1 is 0.838 bits per heavy atom. The van der Waals surface area contributed by atoms with Crippen LogP contribution < -0.4 is 20.2 Å². The van der Waals surface area contributed by atoms with E-state index in [1.807, 2.05) is 0 Å². The number of aromatic nitrogens is 3. The van der Waals surface area contributed by atoms with Gasteiger partial charge in [-0.1, -0.05) is 36.4 Å². The molecule has 0 amide bonds. The summed E-state index contributed by atoms with van der Waals surface area (Å²) in [6, 6.07) is 23.5. The molecule has 4 heterocycles. The molecule has 0 spiro atoms. The minimum absolute atomic E-state index is 0.822. The normalized spacial score (nSPS) is 16.2. The summed E-state index contributed by atoms with van der Waals surface area (Å²) in [6.07, 6.45) is 4.45. The van der Waals surface area contributed by atoms with Crippen LogP contribution in [-0.2, 0) is 0 Å². The number of ether oxygens (including phenoxy) is 1. The minimum atomic E-state index is 0.822. The molecular formula is C31H33N5O. The number of aryl methyl sites for hydroxylation is 2. The number of piperazine rings is 1. The summed E-state index contributed by atoms with van der Waals surface area (Å²) < 4.78 is 5.77. The topological polar surface area (TPSA) is 63.1 Å². The lowest BCUT2D eigenvalue weighted by molar-refractivity contribution is 0.379. The van der Waals surface area contributed by atoms with E-state index in [1.165, 1.54) is 21.9 Å². The third-order valence-corrected chi connectivity index (χ3v) is 7.27. The van der Waals surface area contributed by atoms with Gasteiger partial charge in [0.15, 0.2) is 0 Å². The van der Waals surface area contributed by atoms with E-state index >= 15 is 0 Å². The van der Waals surface area contributed by atoms with Gasteiger partial charge in [0.05, 0.1) is 23.2 Å². The van der Waals surface area contributed by atoms with E-state index in [1.54, 1.807) is 7.11 Å². The zero-order valence-electron chi connectivity index (χ0n) is 21.6. The number of aromatic amines is 3. The van der Waals surface area contributed by atoms with Gasteiger partial charge < -0.3 is 29.5 Å². The lowest BCUT2D eigenvalue weighted by Crippen LogP contribution is -2.44. The quantitative estimate of drug-likeness (QED) is 0.354. The van der Waals surface area contributed by atoms with E-state index in [-0.39, 0.29) is 0 Å². The van der Waals surface area contributed by atoms with Crippen molar-refractivity contribution in [3.8, 4) is 5.75 Å². The Balaban J connectivity index is 1.46. The molecule has 2 aromatic carbocycles. The van der Waals surface area contributed by atoms with Crippen LogP contribution in [0.15, 0.2) is 66.7 Å². The monoisotopic (exact) mass is 491 g/mol. The number of hydrogen-bond acceptors (Lipinski definition) is 3. The van der Waals surface area contributed by atoms with Crippen LogP contribution in [0.3, 0.4) is 0 Å². The van der Waals surface area contributed by atoms with Crippen molar-refractivity contribution in [3.05, 3.63) is 105 Å². The fourth-order valence-corrected chi connectivity index (χ4v) is 5.35. The Bertz CT molecular complexity index is 1750. The lowest BCUT2D eigenvalue weighted by atomic mass is 10.2. The zero-order valence-corrected chi connectivity index (χ0v) is 21.6. The summed E-state index contributed by atoms with van der Waals surface area (Å²) in [4.78, 5) is 15.6. The van der Waals surface area contributed by atoms with Crippen molar-refractivity contribution < 1.29 is 4.74 Å². The SMILES string of the molecule is COc1c/c(=c2/[nH]c3ccccc3/c2=C\N2CCN(c3ccccc3)CC2)[nH]/c1=C\c1[nH]c(C)cc1C. The molecule has 6 heteroatoms. The summed E-state index contributed by atoms with van der Waals surface area (Å²) in [5, 5.41) is 5.45. The second kappa shape index (κ2) is 9.62. The van der Waals surface area contributed by atoms with Gasteiger partial charge in [-0.15, -0.1) is 0 Å². The first-order valence-corrected chi connectivity index (χ1v) is 12.9. The third kappa shape index (κ3) is 4.51. The van der Waals surface area contributed by atoms with Crippen LogP contribution in [0.1, 0.15) is 17.0 Å². The maximum Gasteiger partial charge on any atom is 0.144 e. The highest BCUT2D eigenvalue weighted by Gasteiger charge is 2.15. The van der Waals surface area contributed by atoms with E-state index in [4.69, 9.17) is 4.74 Å². The predicted molar refractivity (Wildman–Crippen MR) is 151 cm³/mol. The molecule has 0 radical (unpaired) electrons. The number of nitrogens with one attached hydrogen (secondary N) is 3. The molecule has 6 rings (SSSR count). The molecule has 1 saturated heterocycles. The Labute approximate surface area is 216 Å². The Hall–Kier alpha value is -4.32. The number of methoxy groups -OCH3 is 1. The van der Waals surface area contributed by atoms with E-state index in [2.05, 4.69) is 118 Å². The molecule has 1 aliphatic rings. The van der Waals surface area contributed by atoms with Crippen molar-refractivity contribution in [2.75, 3.05) is 38.2 Å². The average Bonchev–Trinajstić information content (AvgIpc) is 3.60. The lowest BCUT2D eigenvalue weighted by Gasteiger charge is -2.35. The molecule has 37 heavy (non-hydrogen) atoms. The Morgan fingerprint density at radius 3 is 2.32 bits per heavy atom. The van der Waals surface area contributed by atoms with Gasteiger partial charge in [0, 0.05) is 71.6 Å². The highest BCUT2D eigenvalue weighted by atomic mass is 16.5. The first-order valence-electron chi connectivity index (χ1n) is 12.9. The van der Waals surface area contributed by atoms with Crippen molar-refractivity contribution in [2.24, 2.45) is 0 Å². The molecule has 0 aliphatic carbocycles. The molecule has 3 N–H and O–H groups in total. The second-order valence-electron chi connectivity index (χ2n) is 9.81. The Kier molecular flexibility index (Phi) is 6.01. The molecular weight excluding hydrogens is 458 g/mol. The van der Waals surface area contributed by atoms with Crippen LogP contribution in [0.2, 0.25) is 0 Å². The zero-order chi connectivity index (χ0) is 25.4. The van der Waals surface area contributed by atoms with Crippen molar-refractivity contribution in [1.82, 2.24) is 19.9 Å². The van der Waals surface area contributed by atoms with Crippen LogP contribution in [0.5, 0.6) is 5.75 Å². The molecule has 0 bridgehead atoms. The number of fused-ring (bicyclic) bond motifs is 1. The number of para-hydroxylation sites is 2. The maximum atomic E-state index is 5.77. The van der Waals surface area contributed by atoms with Gasteiger partial charge in [-0.05, 0) is 49.8 Å². The van der Waals surface area contributed by atoms with Gasteiger partial charge in [0.2, 0.25) is 0 Å². The summed E-state index contributed by atoms with van der Waals surface area (Å²) in [7, 11) is 1.72. The molecule has 1 aliphatic heterocycles. The number of rotatable bonds is 4. The van der Waals surface area contributed by atoms with Crippen molar-refractivity contribution in [1.29, 1.82) is 0 Å². The number of H-pyrrole nitrogens is 3. The maximum absolute atomic E-state index is 5.77. The first-order chi connectivity index (χ1) is 18.1. The molecule has 0 unspecified atom stereocenters. The van der Waals surface area contributed by atoms with E-state index in [0.29, 0.717) is 0 Å². The fraction of sp³-hybridized carbons (Fsp3) is 0.226. The van der Waals surface area contributed by atoms with Crippen molar-refractivity contribution >= 4 is 28.9 Å². The highest BCUT2D eigenvalue weighted by molar-refractivity contribution is 5.80. The molecule has 6 nitrogen and oxygen atoms in total. The largest absolute Gasteiger partial charge is 0.494 e. The molecule has 0 atom stereocenters. The first kappa shape index (κ1) is 23.1. The summed E-state index contributed by atoms with van der Waals surface area (Å²) in [5.41, 5.74) is 5.87. The molecule has 3 aromatic heterocycles. The van der Waals surface area contributed by atoms with Crippen LogP contribution in [0, 0.1) is 24.5 Å². The number of benzene rings is 2. The smallest absolute Gasteiger partial charge is 0.144 e. The van der Waals surface area contributed by atoms with Gasteiger partial charge >= 0.3 is 0 Å². The van der Waals surface area contributed by atoms with Crippen LogP contribution in [0.4, 0.5) is 5.69 Å². The number of anilines is 1. The van der Waals surface area contributed by atoms with E-state index < -0.39 is 0 Å². The fourth-order valence-electron chi connectivity index (χ4n) is 5.35. The number of hydrogen-bond donors (Lipinski definition) is 3. The third-order valence-electron chi connectivity index (χ3n) is 7.27. The van der Waals surface area contributed by atoms with Gasteiger partial charge in [-0.3, -0.25) is 0 Å². The summed E-state index contributed by atoms with van der Waals surface area (Å²) >= 11 is 0. The molecule has 0 saturated carbocycles. The summed E-state index contributed by atoms with van der Waals surface area (Å²) in [6.45, 7) is 8.16. The molecule has 5 aromatic rings. The van der Waals surface area contributed by atoms with E-state index in [9.17, 15) is 0 Å². The average molecular weight is 492 g/mol. The standard InChI is InChI=1S/C31H33N5O/c1-21-17-22(2)32-27(21)18-28-30(37-3)19-29(33-28)31-25(24-11-7-8-12-26(24)34-31)20-35-13-15-36(16-14-35)23-9-5-4-6-10-23/h4-12,17-20,32-34H,13-16H2,1-3H3/b25-20+,28-18-,31-29-. The summed E-state index contributed by atoms with van der Waals surface area (Å²) in [5.74, 6) is 0.822. The predicted octanol–water partition coefficient (Wildman–Crippen LogP) is 4.13. The second-order valence-corrected chi connectivity index (χ2v) is 9.81.